The largest absolute Gasteiger partial charge is 0.335 e. The van der Waals surface area contributed by atoms with Crippen LogP contribution in [-0.2, 0) is 0 Å². The normalized spacial score (nSPS) is 11.3. The Morgan fingerprint density at radius 1 is 0.917 bits per heavy atom. The van der Waals surface area contributed by atoms with E-state index in [9.17, 15) is 0 Å². The van der Waals surface area contributed by atoms with Crippen molar-refractivity contribution in [1.82, 2.24) is 40.1 Å². The van der Waals surface area contributed by atoms with Crippen molar-refractivity contribution in [2.45, 2.75) is 0 Å². The lowest BCUT2D eigenvalue weighted by Crippen LogP contribution is -1.87. The van der Waals surface area contributed by atoms with E-state index >= 15 is 0 Å². The molecule has 5 aromatic rings. The van der Waals surface area contributed by atoms with Crippen LogP contribution in [0.2, 0.25) is 0 Å². The Hall–Kier alpha value is -3.68. The van der Waals surface area contributed by atoms with Gasteiger partial charge in [-0.2, -0.15) is 5.10 Å². The van der Waals surface area contributed by atoms with Crippen molar-refractivity contribution in [2.24, 2.45) is 0 Å². The lowest BCUT2D eigenvalue weighted by atomic mass is 10.1. The van der Waals surface area contributed by atoms with E-state index in [0.29, 0.717) is 17.1 Å². The minimum absolute atomic E-state index is 0.617. The van der Waals surface area contributed by atoms with Gasteiger partial charge in [-0.1, -0.05) is 0 Å². The fourth-order valence-corrected chi connectivity index (χ4v) is 2.63. The quantitative estimate of drug-likeness (QED) is 0.517. The predicted molar refractivity (Wildman–Crippen MR) is 87.8 cm³/mol. The maximum atomic E-state index is 4.51. The van der Waals surface area contributed by atoms with Crippen molar-refractivity contribution in [3.63, 3.8) is 0 Å². The molecule has 5 aromatic heterocycles. The molecule has 0 radical (unpaired) electrons. The van der Waals surface area contributed by atoms with Crippen molar-refractivity contribution in [1.29, 1.82) is 0 Å². The zero-order valence-corrected chi connectivity index (χ0v) is 12.3. The van der Waals surface area contributed by atoms with Gasteiger partial charge in [0.2, 0.25) is 0 Å². The summed E-state index contributed by atoms with van der Waals surface area (Å²) >= 11 is 0. The van der Waals surface area contributed by atoms with E-state index in [1.165, 1.54) is 0 Å². The number of imidazole rings is 1. The summed E-state index contributed by atoms with van der Waals surface area (Å²) in [7, 11) is 0. The molecule has 0 amide bonds. The van der Waals surface area contributed by atoms with E-state index in [2.05, 4.69) is 40.1 Å². The molecular weight excluding hydrogens is 304 g/mol. The molecule has 0 aliphatic carbocycles. The summed E-state index contributed by atoms with van der Waals surface area (Å²) in [6, 6.07) is 5.77. The van der Waals surface area contributed by atoms with Crippen LogP contribution < -0.4 is 0 Å². The van der Waals surface area contributed by atoms with Crippen LogP contribution in [0, 0.1) is 0 Å². The molecule has 0 aliphatic rings. The molecule has 0 atom stereocenters. The summed E-state index contributed by atoms with van der Waals surface area (Å²) in [4.78, 5) is 24.8. The van der Waals surface area contributed by atoms with Gasteiger partial charge in [-0.15, -0.1) is 0 Å². The second kappa shape index (κ2) is 4.92. The topological polar surface area (TPSA) is 109 Å². The van der Waals surface area contributed by atoms with E-state index in [1.807, 2.05) is 18.2 Å². The fraction of sp³-hybridized carbons (Fsp3) is 0. The summed E-state index contributed by atoms with van der Waals surface area (Å²) in [5.41, 5.74) is 4.53. The Balaban J connectivity index is 1.71. The second-order valence-electron chi connectivity index (χ2n) is 5.24. The molecular formula is C16H10N8. The summed E-state index contributed by atoms with van der Waals surface area (Å²) in [6.45, 7) is 0. The van der Waals surface area contributed by atoms with Crippen molar-refractivity contribution in [3.05, 3.63) is 49.2 Å². The Labute approximate surface area is 135 Å². The highest BCUT2D eigenvalue weighted by molar-refractivity contribution is 5.92. The first kappa shape index (κ1) is 12.8. The van der Waals surface area contributed by atoms with Crippen LogP contribution in [0.3, 0.4) is 0 Å². The van der Waals surface area contributed by atoms with E-state index in [0.717, 1.165) is 27.9 Å². The Kier molecular flexibility index (Phi) is 2.63. The van der Waals surface area contributed by atoms with Gasteiger partial charge in [-0.3, -0.25) is 15.1 Å². The van der Waals surface area contributed by atoms with Crippen LogP contribution in [0.4, 0.5) is 0 Å². The first-order valence-corrected chi connectivity index (χ1v) is 7.30. The fourth-order valence-electron chi connectivity index (χ4n) is 2.63. The van der Waals surface area contributed by atoms with Crippen LogP contribution in [0.15, 0.2) is 49.2 Å². The molecule has 0 fully saturated rings. The molecule has 0 bridgehead atoms. The molecule has 5 heterocycles. The number of hydrogen-bond acceptors (Lipinski definition) is 6. The number of H-pyrrole nitrogens is 2. The number of hydrogen-bond donors (Lipinski definition) is 2. The first-order valence-electron chi connectivity index (χ1n) is 7.30. The van der Waals surface area contributed by atoms with Gasteiger partial charge in [-0.05, 0) is 18.2 Å². The third kappa shape index (κ3) is 1.93. The summed E-state index contributed by atoms with van der Waals surface area (Å²) in [5, 5.41) is 8.11. The highest BCUT2D eigenvalue weighted by atomic mass is 15.2. The van der Waals surface area contributed by atoms with Gasteiger partial charge in [0.1, 0.15) is 5.69 Å². The second-order valence-corrected chi connectivity index (χ2v) is 5.24. The maximum Gasteiger partial charge on any atom is 0.181 e. The lowest BCUT2D eigenvalue weighted by Gasteiger charge is -1.99. The molecule has 0 aliphatic heterocycles. The van der Waals surface area contributed by atoms with E-state index in [4.69, 9.17) is 0 Å². The third-order valence-corrected chi connectivity index (χ3v) is 3.76. The summed E-state index contributed by atoms with van der Waals surface area (Å²) in [6.07, 6.45) is 8.44. The van der Waals surface area contributed by atoms with Crippen molar-refractivity contribution < 1.29 is 0 Å². The van der Waals surface area contributed by atoms with Gasteiger partial charge in [0.05, 0.1) is 22.8 Å². The van der Waals surface area contributed by atoms with Crippen molar-refractivity contribution in [3.8, 4) is 22.8 Å². The average Bonchev–Trinajstić information content (AvgIpc) is 3.25. The number of nitrogens with zero attached hydrogens (tertiary/aromatic N) is 6. The SMILES string of the molecule is c1cnc2nc(-c3[nH]nc4ncc(-c5cnccn5)cc34)[nH]c2c1. The molecule has 0 aromatic carbocycles. The zero-order chi connectivity index (χ0) is 15.9. The van der Waals surface area contributed by atoms with Crippen molar-refractivity contribution in [2.75, 3.05) is 0 Å². The van der Waals surface area contributed by atoms with Crippen LogP contribution in [0.5, 0.6) is 0 Å². The summed E-state index contributed by atoms with van der Waals surface area (Å²) in [5.74, 6) is 0.671. The molecule has 8 nitrogen and oxygen atoms in total. The van der Waals surface area contributed by atoms with Gasteiger partial charge < -0.3 is 4.98 Å². The van der Waals surface area contributed by atoms with Crippen molar-refractivity contribution >= 4 is 22.2 Å². The van der Waals surface area contributed by atoms with Gasteiger partial charge >= 0.3 is 0 Å². The number of pyridine rings is 2. The number of rotatable bonds is 2. The smallest absolute Gasteiger partial charge is 0.181 e. The van der Waals surface area contributed by atoms with Crippen LogP contribution >= 0.6 is 0 Å². The number of nitrogens with one attached hydrogen (secondary N) is 2. The first-order chi connectivity index (χ1) is 11.9. The number of fused-ring (bicyclic) bond motifs is 2. The molecule has 0 spiro atoms. The molecule has 2 N–H and O–H groups in total. The summed E-state index contributed by atoms with van der Waals surface area (Å²) < 4.78 is 0. The Bertz CT molecular complexity index is 1130. The molecule has 0 saturated heterocycles. The lowest BCUT2D eigenvalue weighted by molar-refractivity contribution is 1.09. The van der Waals surface area contributed by atoms with Gasteiger partial charge in [-0.25, -0.2) is 15.0 Å². The number of aromatic amines is 2. The van der Waals surface area contributed by atoms with Gasteiger partial charge in [0.25, 0.3) is 0 Å². The standard InChI is InChI=1S/C16H10N8/c1-2-11-15(19-3-1)22-16(21-11)13-10-6-9(7-20-14(10)24-23-13)12-8-17-4-5-18-12/h1-8H,(H,19,21,22)(H,20,23,24). The molecule has 0 unspecified atom stereocenters. The molecule has 24 heavy (non-hydrogen) atoms. The highest BCUT2D eigenvalue weighted by Gasteiger charge is 2.14. The minimum atomic E-state index is 0.617. The van der Waals surface area contributed by atoms with Gasteiger partial charge in [0.15, 0.2) is 17.1 Å². The van der Waals surface area contributed by atoms with Crippen LogP contribution in [-0.4, -0.2) is 40.1 Å². The molecule has 8 heteroatoms. The highest BCUT2D eigenvalue weighted by Crippen LogP contribution is 2.27. The molecule has 0 saturated carbocycles. The van der Waals surface area contributed by atoms with E-state index < -0.39 is 0 Å². The zero-order valence-electron chi connectivity index (χ0n) is 12.3. The third-order valence-electron chi connectivity index (χ3n) is 3.76. The predicted octanol–water partition coefficient (Wildman–Crippen LogP) is 2.35. The van der Waals surface area contributed by atoms with E-state index in [1.54, 1.807) is 31.0 Å². The average molecular weight is 314 g/mol. The Morgan fingerprint density at radius 2 is 1.92 bits per heavy atom. The number of aromatic nitrogens is 8. The van der Waals surface area contributed by atoms with Crippen LogP contribution in [0.1, 0.15) is 0 Å². The molecule has 114 valence electrons. The minimum Gasteiger partial charge on any atom is -0.335 e. The van der Waals surface area contributed by atoms with E-state index in [-0.39, 0.29) is 0 Å². The monoisotopic (exact) mass is 314 g/mol. The Morgan fingerprint density at radius 3 is 2.79 bits per heavy atom. The maximum absolute atomic E-state index is 4.51. The molecule has 5 rings (SSSR count). The van der Waals surface area contributed by atoms with Gasteiger partial charge in [0, 0.05) is 30.4 Å². The van der Waals surface area contributed by atoms with Crippen LogP contribution in [0.25, 0.3) is 45.0 Å².